The van der Waals surface area contributed by atoms with Gasteiger partial charge >= 0.3 is 0 Å². The summed E-state index contributed by atoms with van der Waals surface area (Å²) in [5.41, 5.74) is 2.11. The van der Waals surface area contributed by atoms with Crippen LogP contribution in [-0.2, 0) is 9.59 Å². The lowest BCUT2D eigenvalue weighted by Crippen LogP contribution is -2.34. The van der Waals surface area contributed by atoms with Crippen LogP contribution in [0.2, 0.25) is 0 Å². The molecule has 29 heavy (non-hydrogen) atoms. The summed E-state index contributed by atoms with van der Waals surface area (Å²) in [6.45, 7) is 3.65. The van der Waals surface area contributed by atoms with Crippen LogP contribution >= 0.6 is 22.6 Å². The normalized spacial score (nSPS) is 18.0. The van der Waals surface area contributed by atoms with Crippen molar-refractivity contribution in [3.05, 3.63) is 41.7 Å². The molecular formula is C22H30IN3O3. The molecule has 2 rings (SSSR count). The quantitative estimate of drug-likeness (QED) is 0.344. The Morgan fingerprint density at radius 3 is 2.62 bits per heavy atom. The second kappa shape index (κ2) is 15.8. The number of halogens is 1. The number of amides is 1. The minimum Gasteiger partial charge on any atom is -0.400 e. The molecule has 0 aliphatic heterocycles. The summed E-state index contributed by atoms with van der Waals surface area (Å²) in [6, 6.07) is 4.04. The second-order valence-electron chi connectivity index (χ2n) is 6.09. The van der Waals surface area contributed by atoms with Crippen molar-refractivity contribution in [2.24, 2.45) is 11.8 Å². The Morgan fingerprint density at radius 1 is 1.34 bits per heavy atom. The lowest BCUT2D eigenvalue weighted by Gasteiger charge is -2.14. The van der Waals surface area contributed by atoms with Crippen molar-refractivity contribution in [1.82, 2.24) is 10.3 Å². The Hall–Kier alpha value is -2.05. The average molecular weight is 511 g/mol. The Morgan fingerprint density at radius 2 is 2.03 bits per heavy atom. The first-order valence-corrected chi connectivity index (χ1v) is 11.5. The third kappa shape index (κ3) is 8.07. The monoisotopic (exact) mass is 511 g/mol. The van der Waals surface area contributed by atoms with E-state index in [-0.39, 0.29) is 30.1 Å². The smallest absolute Gasteiger partial charge is 0.251 e. The first-order chi connectivity index (χ1) is 14.1. The molecule has 1 aliphatic carbocycles. The summed E-state index contributed by atoms with van der Waals surface area (Å²) >= 11 is 2.15. The minimum absolute atomic E-state index is 0.0434. The van der Waals surface area contributed by atoms with E-state index < -0.39 is 0 Å². The maximum atomic E-state index is 12.6. The zero-order valence-corrected chi connectivity index (χ0v) is 19.6. The number of hydrogen-bond acceptors (Lipinski definition) is 5. The molecular weight excluding hydrogens is 481 g/mol. The van der Waals surface area contributed by atoms with E-state index in [1.54, 1.807) is 25.4 Å². The van der Waals surface area contributed by atoms with E-state index >= 15 is 0 Å². The molecule has 1 saturated carbocycles. The molecule has 7 heteroatoms. The van der Waals surface area contributed by atoms with E-state index in [9.17, 15) is 9.59 Å². The number of ketones is 1. The zero-order valence-electron chi connectivity index (χ0n) is 17.5. The number of alkyl halides is 1. The molecule has 1 amide bonds. The van der Waals surface area contributed by atoms with E-state index in [4.69, 9.17) is 10.4 Å². The number of Topliss-reactive ketones (excluding diaryl/α,β-unsaturated/α-hetero) is 1. The van der Waals surface area contributed by atoms with E-state index in [0.717, 1.165) is 37.5 Å². The topological polar surface area (TPSA) is 103 Å². The number of nitrogens with zero attached hydrogens (tertiary/aromatic N) is 2. The van der Waals surface area contributed by atoms with Gasteiger partial charge in [0.15, 0.2) is 5.78 Å². The summed E-state index contributed by atoms with van der Waals surface area (Å²) < 4.78 is 0. The second-order valence-corrected chi connectivity index (χ2v) is 6.09. The maximum absolute atomic E-state index is 12.6. The van der Waals surface area contributed by atoms with Gasteiger partial charge in [0.2, 0.25) is 0 Å². The van der Waals surface area contributed by atoms with E-state index in [1.165, 1.54) is 0 Å². The predicted molar refractivity (Wildman–Crippen MR) is 125 cm³/mol. The lowest BCUT2D eigenvalue weighted by atomic mass is 9.93. The van der Waals surface area contributed by atoms with Gasteiger partial charge in [0.05, 0.1) is 18.5 Å². The molecule has 0 spiro atoms. The number of nitrogens with one attached hydrogen (secondary N) is 1. The fourth-order valence-electron chi connectivity index (χ4n) is 3.26. The van der Waals surface area contributed by atoms with Gasteiger partial charge in [-0.05, 0) is 43.2 Å². The van der Waals surface area contributed by atoms with Crippen LogP contribution in [0.1, 0.15) is 44.2 Å². The molecule has 1 aromatic rings. The van der Waals surface area contributed by atoms with E-state index in [1.807, 2.05) is 30.1 Å². The van der Waals surface area contributed by atoms with Crippen molar-refractivity contribution in [3.8, 4) is 6.07 Å². The van der Waals surface area contributed by atoms with Gasteiger partial charge in [0.1, 0.15) is 0 Å². The van der Waals surface area contributed by atoms with Gasteiger partial charge in [-0.2, -0.15) is 5.26 Å². The standard InChI is InChI=1S/C20H23N3O2.CH3I.CH4O/c1-3-6-14-9-10-22-12-18(14)16(4-2)20(25)23-13-19(24)17-8-5-7-15(17)11-21;2*1-2/h3-4,6,9-10,12,15,17H,5,7-8,13H2,1-2H3,(H,23,25);1H3;2H,1H3/b6-3-,16-4+;;. The van der Waals surface area contributed by atoms with Crippen molar-refractivity contribution in [1.29, 1.82) is 5.26 Å². The van der Waals surface area contributed by atoms with Crippen LogP contribution in [0.5, 0.6) is 0 Å². The van der Waals surface area contributed by atoms with Crippen LogP contribution in [-0.4, -0.2) is 40.4 Å². The number of allylic oxidation sites excluding steroid dienone is 2. The lowest BCUT2D eigenvalue weighted by molar-refractivity contribution is -0.125. The average Bonchev–Trinajstić information content (AvgIpc) is 3.26. The van der Waals surface area contributed by atoms with Crippen molar-refractivity contribution >= 4 is 45.9 Å². The third-order valence-electron chi connectivity index (χ3n) is 4.54. The van der Waals surface area contributed by atoms with Gasteiger partial charge in [0.25, 0.3) is 5.91 Å². The molecule has 0 saturated heterocycles. The number of aromatic nitrogens is 1. The SMILES string of the molecule is C/C=C\c1ccncc1/C(=C\C)C(=O)NCC(=O)C1CCCC1C#N.CI.CO. The van der Waals surface area contributed by atoms with Crippen LogP contribution in [0.25, 0.3) is 11.6 Å². The number of aliphatic hydroxyl groups is 1. The number of carbonyl (C=O) groups is 2. The Kier molecular flexibility index (Phi) is 14.7. The highest BCUT2D eigenvalue weighted by Gasteiger charge is 2.32. The number of aliphatic hydroxyl groups excluding tert-OH is 1. The predicted octanol–water partition coefficient (Wildman–Crippen LogP) is 3.80. The highest BCUT2D eigenvalue weighted by atomic mass is 127. The van der Waals surface area contributed by atoms with Gasteiger partial charge in [0, 0.05) is 36.6 Å². The molecule has 1 heterocycles. The van der Waals surface area contributed by atoms with Crippen molar-refractivity contribution in [2.75, 3.05) is 18.6 Å². The fourth-order valence-corrected chi connectivity index (χ4v) is 3.26. The fraction of sp³-hybridized carbons (Fsp3) is 0.455. The molecule has 1 fully saturated rings. The number of nitriles is 1. The molecule has 0 bridgehead atoms. The summed E-state index contributed by atoms with van der Waals surface area (Å²) in [6.07, 6.45) is 11.2. The molecule has 2 unspecified atom stereocenters. The Bertz CT molecular complexity index is 754. The summed E-state index contributed by atoms with van der Waals surface area (Å²) in [4.78, 5) is 31.0. The highest BCUT2D eigenvalue weighted by molar-refractivity contribution is 14.1. The molecule has 2 atom stereocenters. The van der Waals surface area contributed by atoms with Crippen molar-refractivity contribution in [3.63, 3.8) is 0 Å². The van der Waals surface area contributed by atoms with Crippen LogP contribution < -0.4 is 5.32 Å². The first-order valence-electron chi connectivity index (χ1n) is 9.38. The highest BCUT2D eigenvalue weighted by Crippen LogP contribution is 2.31. The van der Waals surface area contributed by atoms with Gasteiger partial charge in [-0.25, -0.2) is 0 Å². The van der Waals surface area contributed by atoms with Crippen LogP contribution in [0.3, 0.4) is 0 Å². The number of carbonyl (C=O) groups excluding carboxylic acids is 2. The van der Waals surface area contributed by atoms with Crippen LogP contribution in [0, 0.1) is 23.2 Å². The molecule has 1 aromatic heterocycles. The summed E-state index contributed by atoms with van der Waals surface area (Å²) in [5, 5.41) is 18.8. The van der Waals surface area contributed by atoms with Crippen LogP contribution in [0.15, 0.2) is 30.6 Å². The molecule has 158 valence electrons. The first kappa shape index (κ1) is 27.0. The Labute approximate surface area is 187 Å². The van der Waals surface area contributed by atoms with Gasteiger partial charge in [-0.15, -0.1) is 0 Å². The van der Waals surface area contributed by atoms with Crippen molar-refractivity contribution < 1.29 is 14.7 Å². The number of hydrogen-bond donors (Lipinski definition) is 2. The zero-order chi connectivity index (χ0) is 22.2. The number of rotatable bonds is 6. The van der Waals surface area contributed by atoms with Crippen LogP contribution in [0.4, 0.5) is 0 Å². The molecule has 0 radical (unpaired) electrons. The molecule has 2 N–H and O–H groups in total. The minimum atomic E-state index is -0.305. The largest absolute Gasteiger partial charge is 0.400 e. The Balaban J connectivity index is 0.00000184. The van der Waals surface area contributed by atoms with Gasteiger partial charge in [-0.1, -0.05) is 47.2 Å². The summed E-state index contributed by atoms with van der Waals surface area (Å²) in [5.74, 6) is -0.838. The third-order valence-corrected chi connectivity index (χ3v) is 4.54. The summed E-state index contributed by atoms with van der Waals surface area (Å²) in [7, 11) is 1.00. The molecule has 1 aliphatic rings. The molecule has 0 aromatic carbocycles. The van der Waals surface area contributed by atoms with Gasteiger partial charge < -0.3 is 10.4 Å². The maximum Gasteiger partial charge on any atom is 0.251 e. The van der Waals surface area contributed by atoms with Crippen molar-refractivity contribution in [2.45, 2.75) is 33.1 Å². The van der Waals surface area contributed by atoms with E-state index in [2.05, 4.69) is 39.0 Å². The van der Waals surface area contributed by atoms with E-state index in [0.29, 0.717) is 5.57 Å². The molecule has 6 nitrogen and oxygen atoms in total. The number of pyridine rings is 1. The van der Waals surface area contributed by atoms with Gasteiger partial charge in [-0.3, -0.25) is 14.6 Å².